The zero-order valence-corrected chi connectivity index (χ0v) is 12.9. The van der Waals surface area contributed by atoms with Crippen LogP contribution in [0.15, 0.2) is 12.3 Å². The van der Waals surface area contributed by atoms with E-state index in [-0.39, 0.29) is 5.54 Å². The van der Waals surface area contributed by atoms with Gasteiger partial charge in [-0.2, -0.15) is 0 Å². The first kappa shape index (κ1) is 15.3. The van der Waals surface area contributed by atoms with Crippen LogP contribution in [0.3, 0.4) is 0 Å². The van der Waals surface area contributed by atoms with Gasteiger partial charge in [-0.05, 0) is 45.5 Å². The van der Waals surface area contributed by atoms with Crippen molar-refractivity contribution in [3.8, 4) is 0 Å². The van der Waals surface area contributed by atoms with Crippen LogP contribution < -0.4 is 5.73 Å². The molecule has 0 saturated heterocycles. The maximum absolute atomic E-state index is 11.0. The van der Waals surface area contributed by atoms with Gasteiger partial charge >= 0.3 is 0 Å². The topological polar surface area (TPSA) is 62.4 Å². The van der Waals surface area contributed by atoms with Crippen LogP contribution in [0.5, 0.6) is 0 Å². The molecule has 1 aromatic rings. The molecule has 4 nitrogen and oxygen atoms in total. The number of nitrogen functional groups attached to an aromatic ring is 1. The molecule has 3 N–H and O–H groups in total. The van der Waals surface area contributed by atoms with Crippen LogP contribution in [0, 0.1) is 6.92 Å². The van der Waals surface area contributed by atoms with E-state index in [0.29, 0.717) is 5.82 Å². The van der Waals surface area contributed by atoms with E-state index in [1.165, 1.54) is 12.8 Å². The van der Waals surface area contributed by atoms with Crippen molar-refractivity contribution in [3.05, 3.63) is 23.4 Å². The summed E-state index contributed by atoms with van der Waals surface area (Å²) >= 11 is 0. The number of likely N-dealkylation sites (N-methyl/N-ethyl adjacent to an activating group) is 1. The quantitative estimate of drug-likeness (QED) is 0.834. The molecule has 0 radical (unpaired) electrons. The van der Waals surface area contributed by atoms with E-state index < -0.39 is 6.10 Å². The summed E-state index contributed by atoms with van der Waals surface area (Å²) in [5.74, 6) is 0.452. The van der Waals surface area contributed by atoms with Gasteiger partial charge in [0.25, 0.3) is 0 Å². The highest BCUT2D eigenvalue weighted by Crippen LogP contribution is 2.42. The third-order valence-electron chi connectivity index (χ3n) is 4.75. The monoisotopic (exact) mass is 277 g/mol. The van der Waals surface area contributed by atoms with E-state index in [0.717, 1.165) is 36.8 Å². The first-order valence-corrected chi connectivity index (χ1v) is 7.55. The van der Waals surface area contributed by atoms with Crippen LogP contribution in [-0.2, 0) is 0 Å². The molecular weight excluding hydrogens is 250 g/mol. The summed E-state index contributed by atoms with van der Waals surface area (Å²) in [4.78, 5) is 6.39. The standard InChI is InChI=1S/C16H27N3O/c1-12-10-13(15(17)18-11-12)14(20)16(19(2)3)8-6-4-5-7-9-16/h10-11,14,20H,4-9H2,1-3H3,(H2,17,18). The molecule has 1 aliphatic carbocycles. The molecule has 0 aromatic carbocycles. The summed E-state index contributed by atoms with van der Waals surface area (Å²) in [5, 5.41) is 11.0. The molecule has 1 aromatic heterocycles. The molecule has 0 spiro atoms. The molecule has 20 heavy (non-hydrogen) atoms. The Morgan fingerprint density at radius 3 is 2.40 bits per heavy atom. The summed E-state index contributed by atoms with van der Waals surface area (Å²) in [7, 11) is 4.13. The van der Waals surface area contributed by atoms with Gasteiger partial charge in [0.2, 0.25) is 0 Å². The van der Waals surface area contributed by atoms with Gasteiger partial charge in [0.15, 0.2) is 0 Å². The summed E-state index contributed by atoms with van der Waals surface area (Å²) < 4.78 is 0. The van der Waals surface area contributed by atoms with Crippen LogP contribution in [-0.4, -0.2) is 34.6 Å². The summed E-state index contributed by atoms with van der Waals surface area (Å²) in [6, 6.07) is 1.98. The fourth-order valence-electron chi connectivity index (χ4n) is 3.42. The molecule has 2 rings (SSSR count). The minimum Gasteiger partial charge on any atom is -0.386 e. The zero-order chi connectivity index (χ0) is 14.8. The number of pyridine rings is 1. The predicted octanol–water partition coefficient (Wildman–Crippen LogP) is 2.66. The molecule has 112 valence electrons. The Morgan fingerprint density at radius 1 is 1.25 bits per heavy atom. The summed E-state index contributed by atoms with van der Waals surface area (Å²) in [6.45, 7) is 1.98. The van der Waals surface area contributed by atoms with Crippen molar-refractivity contribution in [3.63, 3.8) is 0 Å². The first-order chi connectivity index (χ1) is 9.47. The third kappa shape index (κ3) is 2.81. The van der Waals surface area contributed by atoms with Crippen molar-refractivity contribution >= 4 is 5.82 Å². The summed E-state index contributed by atoms with van der Waals surface area (Å²) in [6.07, 6.45) is 8.02. The second kappa shape index (κ2) is 6.10. The molecule has 1 aliphatic rings. The highest BCUT2D eigenvalue weighted by Gasteiger charge is 2.41. The van der Waals surface area contributed by atoms with Crippen molar-refractivity contribution < 1.29 is 5.11 Å². The third-order valence-corrected chi connectivity index (χ3v) is 4.75. The van der Waals surface area contributed by atoms with Crippen molar-refractivity contribution in [1.82, 2.24) is 9.88 Å². The fourth-order valence-corrected chi connectivity index (χ4v) is 3.42. The largest absolute Gasteiger partial charge is 0.386 e. The average molecular weight is 277 g/mol. The van der Waals surface area contributed by atoms with Crippen LogP contribution >= 0.6 is 0 Å². The molecule has 0 aliphatic heterocycles. The average Bonchev–Trinajstić information content (AvgIpc) is 2.67. The minimum absolute atomic E-state index is 0.222. The molecule has 4 heteroatoms. The van der Waals surface area contributed by atoms with Crippen LogP contribution in [0.2, 0.25) is 0 Å². The lowest BCUT2D eigenvalue weighted by molar-refractivity contribution is -0.0196. The van der Waals surface area contributed by atoms with Gasteiger partial charge in [0.1, 0.15) is 11.9 Å². The Bertz CT molecular complexity index is 451. The van der Waals surface area contributed by atoms with Gasteiger partial charge in [0, 0.05) is 11.8 Å². The number of aliphatic hydroxyl groups excluding tert-OH is 1. The van der Waals surface area contributed by atoms with Gasteiger partial charge in [-0.3, -0.25) is 0 Å². The highest BCUT2D eigenvalue weighted by molar-refractivity contribution is 5.43. The molecule has 0 amide bonds. The van der Waals surface area contributed by atoms with Gasteiger partial charge in [-0.1, -0.05) is 25.7 Å². The molecule has 0 bridgehead atoms. The number of nitrogens with two attached hydrogens (primary N) is 1. The lowest BCUT2D eigenvalue weighted by Crippen LogP contribution is -2.49. The first-order valence-electron chi connectivity index (χ1n) is 7.55. The Labute approximate surface area is 122 Å². The lowest BCUT2D eigenvalue weighted by Gasteiger charge is -2.43. The maximum Gasteiger partial charge on any atom is 0.129 e. The van der Waals surface area contributed by atoms with Gasteiger partial charge in [0.05, 0.1) is 5.54 Å². The smallest absolute Gasteiger partial charge is 0.129 e. The van der Waals surface area contributed by atoms with Crippen molar-refractivity contribution in [2.75, 3.05) is 19.8 Å². The van der Waals surface area contributed by atoms with Gasteiger partial charge in [-0.15, -0.1) is 0 Å². The van der Waals surface area contributed by atoms with E-state index in [4.69, 9.17) is 5.73 Å². The number of hydrogen-bond donors (Lipinski definition) is 2. The number of aromatic nitrogens is 1. The number of nitrogens with zero attached hydrogens (tertiary/aromatic N) is 2. The van der Waals surface area contributed by atoms with Gasteiger partial charge < -0.3 is 15.7 Å². The molecule has 1 saturated carbocycles. The highest BCUT2D eigenvalue weighted by atomic mass is 16.3. The number of aliphatic hydroxyl groups is 1. The second-order valence-corrected chi connectivity index (χ2v) is 6.30. The van der Waals surface area contributed by atoms with Crippen LogP contribution in [0.1, 0.15) is 55.8 Å². The second-order valence-electron chi connectivity index (χ2n) is 6.30. The van der Waals surface area contributed by atoms with Crippen LogP contribution in [0.25, 0.3) is 0 Å². The van der Waals surface area contributed by atoms with Crippen LogP contribution in [0.4, 0.5) is 5.82 Å². The van der Waals surface area contributed by atoms with Crippen molar-refractivity contribution in [2.24, 2.45) is 0 Å². The number of hydrogen-bond acceptors (Lipinski definition) is 4. The van der Waals surface area contributed by atoms with E-state index in [1.54, 1.807) is 6.20 Å². The molecule has 1 unspecified atom stereocenters. The van der Waals surface area contributed by atoms with E-state index in [2.05, 4.69) is 24.0 Å². The molecule has 1 fully saturated rings. The lowest BCUT2D eigenvalue weighted by atomic mass is 9.80. The minimum atomic E-state index is -0.581. The Hall–Kier alpha value is -1.13. The fraction of sp³-hybridized carbons (Fsp3) is 0.688. The number of aryl methyl sites for hydroxylation is 1. The number of rotatable bonds is 3. The SMILES string of the molecule is Cc1cnc(N)c(C(O)C2(N(C)C)CCCCCC2)c1. The normalized spacial score (nSPS) is 20.6. The summed E-state index contributed by atoms with van der Waals surface area (Å²) in [5.41, 5.74) is 7.60. The van der Waals surface area contributed by atoms with Crippen molar-refractivity contribution in [1.29, 1.82) is 0 Å². The predicted molar refractivity (Wildman–Crippen MR) is 82.5 cm³/mol. The van der Waals surface area contributed by atoms with E-state index in [1.807, 2.05) is 13.0 Å². The Balaban J connectivity index is 2.40. The van der Waals surface area contributed by atoms with Crippen molar-refractivity contribution in [2.45, 2.75) is 57.1 Å². The van der Waals surface area contributed by atoms with E-state index >= 15 is 0 Å². The zero-order valence-electron chi connectivity index (χ0n) is 12.9. The molecule has 1 atom stereocenters. The Kier molecular flexibility index (Phi) is 4.66. The Morgan fingerprint density at radius 2 is 1.85 bits per heavy atom. The van der Waals surface area contributed by atoms with Gasteiger partial charge in [-0.25, -0.2) is 4.98 Å². The van der Waals surface area contributed by atoms with E-state index in [9.17, 15) is 5.11 Å². The molecule has 1 heterocycles. The molecular formula is C16H27N3O. The number of anilines is 1. The maximum atomic E-state index is 11.0.